The Bertz CT molecular complexity index is 542. The standard InChI is InChI=1S/C14H13NO3/c1-2-4-13(16)15-8-3-5-10-9-11(14(17)18)6-7-12(10)15/h1,6-7,9H,3-5,8H2,(H,17,18). The van der Waals surface area contributed by atoms with Gasteiger partial charge in [-0.3, -0.25) is 4.79 Å². The SMILES string of the molecule is C#CCC(=O)N1CCCc2cc(C(=O)O)ccc21. The fourth-order valence-corrected chi connectivity index (χ4v) is 2.17. The molecule has 0 saturated heterocycles. The van der Waals surface area contributed by atoms with Crippen molar-refractivity contribution in [2.45, 2.75) is 19.3 Å². The van der Waals surface area contributed by atoms with E-state index in [1.165, 1.54) is 6.07 Å². The van der Waals surface area contributed by atoms with Crippen molar-refractivity contribution < 1.29 is 14.7 Å². The zero-order chi connectivity index (χ0) is 13.1. The highest BCUT2D eigenvalue weighted by molar-refractivity contribution is 5.97. The van der Waals surface area contributed by atoms with E-state index in [1.54, 1.807) is 17.0 Å². The number of aromatic carboxylic acids is 1. The number of hydrogen-bond donors (Lipinski definition) is 1. The molecule has 0 aliphatic carbocycles. The van der Waals surface area contributed by atoms with Crippen LogP contribution in [0.1, 0.15) is 28.8 Å². The van der Waals surface area contributed by atoms with Gasteiger partial charge in [0.05, 0.1) is 12.0 Å². The van der Waals surface area contributed by atoms with Gasteiger partial charge in [0.1, 0.15) is 0 Å². The number of benzene rings is 1. The predicted molar refractivity (Wildman–Crippen MR) is 67.5 cm³/mol. The molecule has 0 radical (unpaired) electrons. The lowest BCUT2D eigenvalue weighted by Gasteiger charge is -2.29. The van der Waals surface area contributed by atoms with Gasteiger partial charge in [0.2, 0.25) is 5.91 Å². The molecule has 18 heavy (non-hydrogen) atoms. The summed E-state index contributed by atoms with van der Waals surface area (Å²) in [6.45, 7) is 0.639. The minimum atomic E-state index is -0.954. The Morgan fingerprint density at radius 2 is 2.22 bits per heavy atom. The first-order chi connectivity index (χ1) is 8.63. The van der Waals surface area contributed by atoms with Crippen LogP contribution in [0.25, 0.3) is 0 Å². The predicted octanol–water partition coefficient (Wildman–Crippen LogP) is 1.69. The Hall–Kier alpha value is -2.28. The summed E-state index contributed by atoms with van der Waals surface area (Å²) >= 11 is 0. The molecule has 0 saturated carbocycles. The zero-order valence-corrected chi connectivity index (χ0v) is 9.85. The molecule has 0 spiro atoms. The number of hydrogen-bond acceptors (Lipinski definition) is 2. The number of fused-ring (bicyclic) bond motifs is 1. The molecular weight excluding hydrogens is 230 g/mol. The summed E-state index contributed by atoms with van der Waals surface area (Å²) in [4.78, 5) is 24.4. The molecule has 0 atom stereocenters. The van der Waals surface area contributed by atoms with Crippen LogP contribution >= 0.6 is 0 Å². The highest BCUT2D eigenvalue weighted by Crippen LogP contribution is 2.28. The first-order valence-corrected chi connectivity index (χ1v) is 5.73. The average molecular weight is 243 g/mol. The summed E-state index contributed by atoms with van der Waals surface area (Å²) in [5.41, 5.74) is 1.93. The molecule has 1 aliphatic heterocycles. The van der Waals surface area contributed by atoms with Crippen LogP contribution in [0.15, 0.2) is 18.2 Å². The van der Waals surface area contributed by atoms with E-state index in [9.17, 15) is 9.59 Å². The van der Waals surface area contributed by atoms with Crippen LogP contribution in [0.3, 0.4) is 0 Å². The highest BCUT2D eigenvalue weighted by atomic mass is 16.4. The van der Waals surface area contributed by atoms with Crippen LogP contribution in [0, 0.1) is 12.3 Å². The maximum atomic E-state index is 11.8. The fourth-order valence-electron chi connectivity index (χ4n) is 2.17. The first-order valence-electron chi connectivity index (χ1n) is 5.73. The molecule has 1 aliphatic rings. The maximum absolute atomic E-state index is 11.8. The number of terminal acetylenes is 1. The molecule has 1 aromatic carbocycles. The lowest BCUT2D eigenvalue weighted by molar-refractivity contribution is -0.117. The molecule has 1 N–H and O–H groups in total. The van der Waals surface area contributed by atoms with Crippen LogP contribution in [0.5, 0.6) is 0 Å². The van der Waals surface area contributed by atoms with Crippen molar-refractivity contribution in [2.75, 3.05) is 11.4 Å². The lowest BCUT2D eigenvalue weighted by Crippen LogP contribution is -2.35. The van der Waals surface area contributed by atoms with Gasteiger partial charge < -0.3 is 10.0 Å². The second-order valence-corrected chi connectivity index (χ2v) is 4.18. The number of carboxylic acid groups (broad SMARTS) is 1. The number of amides is 1. The van der Waals surface area contributed by atoms with Crippen molar-refractivity contribution in [3.05, 3.63) is 29.3 Å². The van der Waals surface area contributed by atoms with E-state index in [0.717, 1.165) is 24.1 Å². The summed E-state index contributed by atoms with van der Waals surface area (Å²) in [6, 6.07) is 4.84. The molecule has 1 amide bonds. The molecule has 4 nitrogen and oxygen atoms in total. The highest BCUT2D eigenvalue weighted by Gasteiger charge is 2.22. The molecule has 92 valence electrons. The summed E-state index contributed by atoms with van der Waals surface area (Å²) < 4.78 is 0. The van der Waals surface area contributed by atoms with Gasteiger partial charge in [-0.15, -0.1) is 6.42 Å². The van der Waals surface area contributed by atoms with Crippen LogP contribution in [-0.4, -0.2) is 23.5 Å². The van der Waals surface area contributed by atoms with E-state index in [4.69, 9.17) is 11.5 Å². The largest absolute Gasteiger partial charge is 0.478 e. The van der Waals surface area contributed by atoms with E-state index in [2.05, 4.69) is 5.92 Å². The second-order valence-electron chi connectivity index (χ2n) is 4.18. The first kappa shape index (κ1) is 12.2. The van der Waals surface area contributed by atoms with Crippen molar-refractivity contribution in [1.82, 2.24) is 0 Å². The van der Waals surface area contributed by atoms with Crippen LogP contribution in [0.2, 0.25) is 0 Å². The van der Waals surface area contributed by atoms with Gasteiger partial charge in [0.25, 0.3) is 0 Å². The van der Waals surface area contributed by atoms with Gasteiger partial charge in [-0.25, -0.2) is 4.79 Å². The van der Waals surface area contributed by atoms with Gasteiger partial charge >= 0.3 is 5.97 Å². The van der Waals surface area contributed by atoms with E-state index in [1.807, 2.05) is 0 Å². The van der Waals surface area contributed by atoms with Crippen LogP contribution in [0.4, 0.5) is 5.69 Å². The Morgan fingerprint density at radius 1 is 1.44 bits per heavy atom. The Morgan fingerprint density at radius 3 is 2.89 bits per heavy atom. The van der Waals surface area contributed by atoms with Gasteiger partial charge in [-0.05, 0) is 36.6 Å². The topological polar surface area (TPSA) is 57.6 Å². The summed E-state index contributed by atoms with van der Waals surface area (Å²) in [6.07, 6.45) is 6.83. The maximum Gasteiger partial charge on any atom is 0.335 e. The summed E-state index contributed by atoms with van der Waals surface area (Å²) in [5, 5.41) is 8.94. The van der Waals surface area contributed by atoms with E-state index < -0.39 is 5.97 Å². The van der Waals surface area contributed by atoms with E-state index >= 15 is 0 Å². The van der Waals surface area contributed by atoms with Gasteiger partial charge in [0.15, 0.2) is 0 Å². The molecule has 0 fully saturated rings. The minimum Gasteiger partial charge on any atom is -0.478 e. The third-order valence-corrected chi connectivity index (χ3v) is 3.00. The summed E-state index contributed by atoms with van der Waals surface area (Å²) in [7, 11) is 0. The van der Waals surface area contributed by atoms with Crippen molar-refractivity contribution in [3.63, 3.8) is 0 Å². The van der Waals surface area contributed by atoms with Crippen LogP contribution in [-0.2, 0) is 11.2 Å². The summed E-state index contributed by atoms with van der Waals surface area (Å²) in [5.74, 6) is 1.28. The fraction of sp³-hybridized carbons (Fsp3) is 0.286. The van der Waals surface area contributed by atoms with E-state index in [0.29, 0.717) is 6.54 Å². The zero-order valence-electron chi connectivity index (χ0n) is 9.85. The van der Waals surface area contributed by atoms with Crippen molar-refractivity contribution in [1.29, 1.82) is 0 Å². The number of carbonyl (C=O) groups is 2. The third-order valence-electron chi connectivity index (χ3n) is 3.00. The number of carboxylic acids is 1. The molecule has 1 aromatic rings. The Labute approximate surface area is 105 Å². The molecule has 1 heterocycles. The van der Waals surface area contributed by atoms with Crippen molar-refractivity contribution in [2.24, 2.45) is 0 Å². The molecule has 0 bridgehead atoms. The number of carbonyl (C=O) groups excluding carboxylic acids is 1. The minimum absolute atomic E-state index is 0.0696. The van der Waals surface area contributed by atoms with Gasteiger partial charge in [-0.2, -0.15) is 0 Å². The van der Waals surface area contributed by atoms with Gasteiger partial charge in [0, 0.05) is 12.2 Å². The molecule has 0 unspecified atom stereocenters. The quantitative estimate of drug-likeness (QED) is 0.804. The number of anilines is 1. The second kappa shape index (κ2) is 4.92. The monoisotopic (exact) mass is 243 g/mol. The normalized spacial score (nSPS) is 13.6. The Kier molecular flexibility index (Phi) is 3.33. The van der Waals surface area contributed by atoms with Crippen LogP contribution < -0.4 is 4.90 Å². The van der Waals surface area contributed by atoms with Gasteiger partial charge in [-0.1, -0.05) is 5.92 Å². The molecule has 4 heteroatoms. The molecular formula is C14H13NO3. The smallest absolute Gasteiger partial charge is 0.335 e. The third kappa shape index (κ3) is 2.21. The number of nitrogens with zero attached hydrogens (tertiary/aromatic N) is 1. The molecule has 2 rings (SSSR count). The van der Waals surface area contributed by atoms with E-state index in [-0.39, 0.29) is 17.9 Å². The van der Waals surface area contributed by atoms with Crippen molar-refractivity contribution in [3.8, 4) is 12.3 Å². The lowest BCUT2D eigenvalue weighted by atomic mass is 9.99. The van der Waals surface area contributed by atoms with Crippen molar-refractivity contribution >= 4 is 17.6 Å². The Balaban J connectivity index is 2.36. The number of rotatable bonds is 2. The molecule has 0 aromatic heterocycles. The number of aryl methyl sites for hydroxylation is 1. The average Bonchev–Trinajstić information content (AvgIpc) is 2.37.